The van der Waals surface area contributed by atoms with Crippen LogP contribution in [-0.4, -0.2) is 10.2 Å². The van der Waals surface area contributed by atoms with Gasteiger partial charge in [-0.2, -0.15) is 0 Å². The van der Waals surface area contributed by atoms with E-state index in [1.807, 2.05) is 12.1 Å². The van der Waals surface area contributed by atoms with Crippen molar-refractivity contribution in [1.29, 1.82) is 0 Å². The van der Waals surface area contributed by atoms with E-state index < -0.39 is 0 Å². The molecule has 0 unspecified atom stereocenters. The largest absolute Gasteiger partial charge is 0.507 e. The summed E-state index contributed by atoms with van der Waals surface area (Å²) < 4.78 is 0. The summed E-state index contributed by atoms with van der Waals surface area (Å²) in [5, 5.41) is 22.2. The molecule has 28 heavy (non-hydrogen) atoms. The average molecular weight is 381 g/mol. The molecule has 0 saturated carbocycles. The molecule has 0 aliphatic rings. The van der Waals surface area contributed by atoms with Gasteiger partial charge in [-0.3, -0.25) is 0 Å². The quantitative estimate of drug-likeness (QED) is 0.607. The van der Waals surface area contributed by atoms with E-state index in [4.69, 9.17) is 0 Å². The molecule has 0 heterocycles. The average Bonchev–Trinajstić information content (AvgIpc) is 2.59. The van der Waals surface area contributed by atoms with Crippen LogP contribution in [0.5, 0.6) is 11.5 Å². The van der Waals surface area contributed by atoms with E-state index in [9.17, 15) is 10.2 Å². The summed E-state index contributed by atoms with van der Waals surface area (Å²) in [7, 11) is 0. The predicted molar refractivity (Wildman–Crippen MR) is 121 cm³/mol. The zero-order valence-corrected chi connectivity index (χ0v) is 18.8. The second-order valence-corrected chi connectivity index (χ2v) is 9.76. The lowest BCUT2D eigenvalue weighted by molar-refractivity contribution is 0.442. The zero-order valence-electron chi connectivity index (χ0n) is 18.8. The van der Waals surface area contributed by atoms with Gasteiger partial charge in [0.25, 0.3) is 0 Å². The number of rotatable bonds is 4. The third-order valence-electron chi connectivity index (χ3n) is 5.42. The van der Waals surface area contributed by atoms with Crippen molar-refractivity contribution >= 4 is 5.57 Å². The van der Waals surface area contributed by atoms with E-state index >= 15 is 0 Å². The minimum absolute atomic E-state index is 0.186. The lowest BCUT2D eigenvalue weighted by atomic mass is 9.80. The Labute approximate surface area is 170 Å². The fourth-order valence-corrected chi connectivity index (χ4v) is 3.55. The summed E-state index contributed by atoms with van der Waals surface area (Å²) in [6.45, 7) is 21.1. The van der Waals surface area contributed by atoms with Gasteiger partial charge < -0.3 is 10.2 Å². The van der Waals surface area contributed by atoms with E-state index in [1.165, 1.54) is 0 Å². The van der Waals surface area contributed by atoms with Gasteiger partial charge in [-0.25, -0.2) is 0 Å². The van der Waals surface area contributed by atoms with E-state index in [-0.39, 0.29) is 22.3 Å². The maximum absolute atomic E-state index is 11.1. The Morgan fingerprint density at radius 3 is 1.29 bits per heavy atom. The Hall–Kier alpha value is -2.22. The fourth-order valence-electron chi connectivity index (χ4n) is 3.55. The van der Waals surface area contributed by atoms with Crippen LogP contribution in [0.3, 0.4) is 0 Å². The van der Waals surface area contributed by atoms with Gasteiger partial charge in [-0.05, 0) is 52.5 Å². The van der Waals surface area contributed by atoms with Gasteiger partial charge in [-0.1, -0.05) is 74.1 Å². The van der Waals surface area contributed by atoms with Crippen LogP contribution in [0.2, 0.25) is 0 Å². The SMILES string of the molecule is C=C(c1cc(CC)cc(C(C)(C)C)c1O)c1cc(CC)cc(C(C)(C)C)c1O. The van der Waals surface area contributed by atoms with Crippen molar-refractivity contribution in [1.82, 2.24) is 0 Å². The molecule has 0 radical (unpaired) electrons. The van der Waals surface area contributed by atoms with Gasteiger partial charge >= 0.3 is 0 Å². The molecule has 0 saturated heterocycles. The maximum Gasteiger partial charge on any atom is 0.127 e. The zero-order chi connectivity index (χ0) is 21.4. The van der Waals surface area contributed by atoms with Crippen molar-refractivity contribution in [2.45, 2.75) is 79.1 Å². The topological polar surface area (TPSA) is 40.5 Å². The molecule has 152 valence electrons. The van der Waals surface area contributed by atoms with Crippen LogP contribution in [0.15, 0.2) is 30.8 Å². The molecule has 0 aliphatic carbocycles. The molecule has 0 spiro atoms. The molecular weight excluding hydrogens is 344 g/mol. The van der Waals surface area contributed by atoms with Crippen LogP contribution >= 0.6 is 0 Å². The Bertz CT molecular complexity index is 817. The first-order valence-corrected chi connectivity index (χ1v) is 10.2. The molecular formula is C26H36O2. The minimum Gasteiger partial charge on any atom is -0.507 e. The molecule has 2 nitrogen and oxygen atoms in total. The molecule has 2 aromatic rings. The van der Waals surface area contributed by atoms with Crippen molar-refractivity contribution < 1.29 is 10.2 Å². The number of benzene rings is 2. The maximum atomic E-state index is 11.1. The smallest absolute Gasteiger partial charge is 0.127 e. The highest BCUT2D eigenvalue weighted by atomic mass is 16.3. The number of hydrogen-bond donors (Lipinski definition) is 2. The van der Waals surface area contributed by atoms with E-state index in [0.717, 1.165) is 35.1 Å². The summed E-state index contributed by atoms with van der Waals surface area (Å²) in [5.41, 5.74) is 5.82. The Balaban J connectivity index is 2.77. The molecule has 2 N–H and O–H groups in total. The van der Waals surface area contributed by atoms with Crippen molar-refractivity contribution in [3.8, 4) is 11.5 Å². The normalized spacial score (nSPS) is 12.3. The van der Waals surface area contributed by atoms with Gasteiger partial charge in [0, 0.05) is 22.3 Å². The van der Waals surface area contributed by atoms with Crippen LogP contribution < -0.4 is 0 Å². The number of phenols is 2. The van der Waals surface area contributed by atoms with Crippen LogP contribution in [0.1, 0.15) is 88.8 Å². The third-order valence-corrected chi connectivity index (χ3v) is 5.42. The van der Waals surface area contributed by atoms with Crippen LogP contribution in [0.25, 0.3) is 5.57 Å². The van der Waals surface area contributed by atoms with Gasteiger partial charge in [0.15, 0.2) is 0 Å². The highest BCUT2D eigenvalue weighted by Gasteiger charge is 2.26. The second-order valence-electron chi connectivity index (χ2n) is 9.76. The van der Waals surface area contributed by atoms with Gasteiger partial charge in [0.05, 0.1) is 0 Å². The Kier molecular flexibility index (Phi) is 6.04. The molecule has 2 aromatic carbocycles. The first-order valence-electron chi connectivity index (χ1n) is 10.2. The number of aromatic hydroxyl groups is 2. The number of aryl methyl sites for hydroxylation is 2. The van der Waals surface area contributed by atoms with E-state index in [2.05, 4.69) is 74.1 Å². The van der Waals surface area contributed by atoms with Crippen molar-refractivity contribution in [2.75, 3.05) is 0 Å². The predicted octanol–water partition coefficient (Wildman–Crippen LogP) is 6.88. The van der Waals surface area contributed by atoms with Crippen LogP contribution in [-0.2, 0) is 23.7 Å². The van der Waals surface area contributed by atoms with E-state index in [0.29, 0.717) is 16.7 Å². The number of phenolic OH excluding ortho intramolecular Hbond substituents is 2. The highest BCUT2D eigenvalue weighted by molar-refractivity contribution is 5.86. The van der Waals surface area contributed by atoms with Crippen LogP contribution in [0, 0.1) is 0 Å². The molecule has 0 aromatic heterocycles. The summed E-state index contributed by atoms with van der Waals surface area (Å²) in [5.74, 6) is 0.515. The van der Waals surface area contributed by atoms with Gasteiger partial charge in [0.2, 0.25) is 0 Å². The first-order chi connectivity index (χ1) is 12.8. The molecule has 0 amide bonds. The standard InChI is InChI=1S/C26H36O2/c1-10-17-12-19(23(27)21(14-17)25(4,5)6)16(3)20-13-18(11-2)15-22(24(20)28)26(7,8)9/h12-15,27-28H,3,10-11H2,1-2,4-9H3. The summed E-state index contributed by atoms with van der Waals surface area (Å²) in [6.07, 6.45) is 1.75. The van der Waals surface area contributed by atoms with Crippen molar-refractivity contribution in [3.63, 3.8) is 0 Å². The highest BCUT2D eigenvalue weighted by Crippen LogP contribution is 2.43. The Morgan fingerprint density at radius 1 is 0.714 bits per heavy atom. The first kappa shape index (κ1) is 22.1. The minimum atomic E-state index is -0.186. The Morgan fingerprint density at radius 2 is 1.04 bits per heavy atom. The van der Waals surface area contributed by atoms with E-state index in [1.54, 1.807) is 0 Å². The third kappa shape index (κ3) is 4.27. The van der Waals surface area contributed by atoms with Gasteiger partial charge in [-0.15, -0.1) is 0 Å². The lowest BCUT2D eigenvalue weighted by Gasteiger charge is -2.26. The number of hydrogen-bond acceptors (Lipinski definition) is 2. The van der Waals surface area contributed by atoms with Crippen molar-refractivity contribution in [2.24, 2.45) is 0 Å². The summed E-state index contributed by atoms with van der Waals surface area (Å²) in [6, 6.07) is 8.16. The second kappa shape index (κ2) is 7.66. The summed E-state index contributed by atoms with van der Waals surface area (Å²) >= 11 is 0. The van der Waals surface area contributed by atoms with Crippen LogP contribution in [0.4, 0.5) is 0 Å². The van der Waals surface area contributed by atoms with Gasteiger partial charge in [0.1, 0.15) is 11.5 Å². The monoisotopic (exact) mass is 380 g/mol. The van der Waals surface area contributed by atoms with Crippen molar-refractivity contribution in [3.05, 3.63) is 64.2 Å². The molecule has 2 heteroatoms. The molecule has 0 fully saturated rings. The lowest BCUT2D eigenvalue weighted by Crippen LogP contribution is -2.14. The molecule has 0 atom stereocenters. The molecule has 0 aliphatic heterocycles. The summed E-state index contributed by atoms with van der Waals surface area (Å²) in [4.78, 5) is 0. The molecule has 2 rings (SSSR count). The molecule has 0 bridgehead atoms. The fraction of sp³-hybridized carbons (Fsp3) is 0.462.